The monoisotopic (exact) mass is 343 g/mol. The summed E-state index contributed by atoms with van der Waals surface area (Å²) in [6.07, 6.45) is 3.52. The normalized spacial score (nSPS) is 25.3. The van der Waals surface area contributed by atoms with Crippen LogP contribution in [0.2, 0.25) is 0 Å². The van der Waals surface area contributed by atoms with Crippen LogP contribution in [0.25, 0.3) is 0 Å². The van der Waals surface area contributed by atoms with Crippen LogP contribution in [-0.2, 0) is 16.1 Å². The summed E-state index contributed by atoms with van der Waals surface area (Å²) < 4.78 is 16.8. The first-order valence-corrected chi connectivity index (χ1v) is 8.43. The molecule has 0 aromatic carbocycles. The maximum absolute atomic E-state index is 12.6. The summed E-state index contributed by atoms with van der Waals surface area (Å²) in [6.45, 7) is 5.47. The quantitative estimate of drug-likeness (QED) is 0.822. The molecule has 0 unspecified atom stereocenters. The topological polar surface area (TPSA) is 77.7 Å². The number of carbonyl (C=O) groups is 1. The molecule has 132 valence electrons. The summed E-state index contributed by atoms with van der Waals surface area (Å²) in [5.41, 5.74) is 1.66. The predicted octanol–water partition coefficient (Wildman–Crippen LogP) is 1.68. The molecule has 4 rings (SSSR count). The number of hydrogen-bond donors (Lipinski definition) is 0. The number of ether oxygens (including phenoxy) is 2. The molecule has 7 heteroatoms. The molecule has 0 saturated carbocycles. The zero-order valence-electron chi connectivity index (χ0n) is 14.2. The van der Waals surface area contributed by atoms with Gasteiger partial charge in [0.1, 0.15) is 0 Å². The van der Waals surface area contributed by atoms with Crippen LogP contribution in [0.5, 0.6) is 0 Å². The van der Waals surface area contributed by atoms with E-state index in [4.69, 9.17) is 14.0 Å². The highest BCUT2D eigenvalue weighted by molar-refractivity contribution is 5.91. The van der Waals surface area contributed by atoms with E-state index in [-0.39, 0.29) is 17.2 Å². The first-order valence-electron chi connectivity index (χ1n) is 8.43. The number of carbonyl (C=O) groups excluding carboxylic acids is 1. The number of fused-ring (bicyclic) bond motifs is 1. The molecular formula is C18H21N3O4. The fraction of sp³-hybridized carbons (Fsp3) is 0.500. The van der Waals surface area contributed by atoms with E-state index < -0.39 is 0 Å². The van der Waals surface area contributed by atoms with Gasteiger partial charge in [0, 0.05) is 42.9 Å². The molecule has 2 aromatic rings. The van der Waals surface area contributed by atoms with Crippen LogP contribution in [0.1, 0.15) is 21.8 Å². The molecule has 1 amide bonds. The zero-order valence-corrected chi connectivity index (χ0v) is 14.2. The van der Waals surface area contributed by atoms with Gasteiger partial charge in [-0.05, 0) is 24.6 Å². The average Bonchev–Trinajstić information content (AvgIpc) is 3.29. The third kappa shape index (κ3) is 3.17. The molecule has 2 aliphatic rings. The zero-order chi connectivity index (χ0) is 17.3. The molecule has 2 aliphatic heterocycles. The van der Waals surface area contributed by atoms with Crippen molar-refractivity contribution in [3.63, 3.8) is 0 Å². The number of likely N-dealkylation sites (tertiary alicyclic amines) is 1. The van der Waals surface area contributed by atoms with Crippen molar-refractivity contribution in [2.75, 3.05) is 32.9 Å². The van der Waals surface area contributed by atoms with Crippen LogP contribution in [0.15, 0.2) is 35.1 Å². The second-order valence-corrected chi connectivity index (χ2v) is 6.94. The minimum absolute atomic E-state index is 0.108. The van der Waals surface area contributed by atoms with Crippen molar-refractivity contribution in [1.29, 1.82) is 0 Å². The van der Waals surface area contributed by atoms with Gasteiger partial charge in [-0.15, -0.1) is 0 Å². The van der Waals surface area contributed by atoms with Gasteiger partial charge in [-0.3, -0.25) is 9.78 Å². The van der Waals surface area contributed by atoms with Crippen molar-refractivity contribution < 1.29 is 18.8 Å². The second-order valence-electron chi connectivity index (χ2n) is 6.94. The summed E-state index contributed by atoms with van der Waals surface area (Å²) in [5.74, 6) is 0.479. The summed E-state index contributed by atoms with van der Waals surface area (Å²) in [7, 11) is 0. The van der Waals surface area contributed by atoms with E-state index in [0.717, 1.165) is 5.56 Å². The molecule has 0 spiro atoms. The average molecular weight is 343 g/mol. The molecule has 2 saturated heterocycles. The van der Waals surface area contributed by atoms with Crippen LogP contribution in [0.4, 0.5) is 0 Å². The molecule has 2 aromatic heterocycles. The van der Waals surface area contributed by atoms with Crippen molar-refractivity contribution in [3.8, 4) is 0 Å². The standard InChI is InChI=1S/C18H21N3O4/c1-13-6-16(25-20-13)17(22)21-7-15-9-24-12-18(15,10-21)11-23-8-14-2-4-19-5-3-14/h2-6,15H,7-12H2,1H3/t15-,18-/m1/s1. The van der Waals surface area contributed by atoms with E-state index in [9.17, 15) is 4.79 Å². The number of nitrogens with zero attached hydrogens (tertiary/aromatic N) is 3. The summed E-state index contributed by atoms with van der Waals surface area (Å²) in [6, 6.07) is 5.56. The fourth-order valence-electron chi connectivity index (χ4n) is 3.66. The lowest BCUT2D eigenvalue weighted by Gasteiger charge is -2.26. The van der Waals surface area contributed by atoms with Crippen molar-refractivity contribution in [1.82, 2.24) is 15.0 Å². The van der Waals surface area contributed by atoms with Gasteiger partial charge in [-0.25, -0.2) is 0 Å². The van der Waals surface area contributed by atoms with E-state index in [1.165, 1.54) is 0 Å². The Morgan fingerprint density at radius 2 is 2.28 bits per heavy atom. The van der Waals surface area contributed by atoms with Crippen molar-refractivity contribution in [2.45, 2.75) is 13.5 Å². The van der Waals surface area contributed by atoms with Gasteiger partial charge < -0.3 is 18.9 Å². The summed E-state index contributed by atoms with van der Waals surface area (Å²) >= 11 is 0. The Hall–Kier alpha value is -2.25. The molecule has 2 atom stereocenters. The largest absolute Gasteiger partial charge is 0.380 e. The number of aryl methyl sites for hydroxylation is 1. The maximum atomic E-state index is 12.6. The number of hydrogen-bond acceptors (Lipinski definition) is 6. The van der Waals surface area contributed by atoms with E-state index in [1.807, 2.05) is 17.0 Å². The summed E-state index contributed by atoms with van der Waals surface area (Å²) in [4.78, 5) is 18.5. The maximum Gasteiger partial charge on any atom is 0.292 e. The molecular weight excluding hydrogens is 322 g/mol. The van der Waals surface area contributed by atoms with Gasteiger partial charge in [0.25, 0.3) is 5.91 Å². The van der Waals surface area contributed by atoms with Crippen molar-refractivity contribution >= 4 is 5.91 Å². The Bertz CT molecular complexity index is 748. The van der Waals surface area contributed by atoms with Gasteiger partial charge in [-0.2, -0.15) is 0 Å². The fourth-order valence-corrected chi connectivity index (χ4v) is 3.66. The Balaban J connectivity index is 1.41. The highest BCUT2D eigenvalue weighted by Gasteiger charge is 2.52. The Morgan fingerprint density at radius 3 is 3.04 bits per heavy atom. The van der Waals surface area contributed by atoms with Crippen LogP contribution < -0.4 is 0 Å². The lowest BCUT2D eigenvalue weighted by atomic mass is 9.82. The van der Waals surface area contributed by atoms with Crippen LogP contribution in [0.3, 0.4) is 0 Å². The highest BCUT2D eigenvalue weighted by atomic mass is 16.5. The molecule has 0 N–H and O–H groups in total. The third-order valence-corrected chi connectivity index (χ3v) is 5.05. The molecule has 0 aliphatic carbocycles. The number of rotatable bonds is 5. The summed E-state index contributed by atoms with van der Waals surface area (Å²) in [5, 5.41) is 3.80. The predicted molar refractivity (Wildman–Crippen MR) is 87.8 cm³/mol. The Morgan fingerprint density at radius 1 is 1.44 bits per heavy atom. The second kappa shape index (κ2) is 6.57. The SMILES string of the molecule is Cc1cc(C(=O)N2C[C@@H]3COC[C@]3(COCc3ccncc3)C2)on1. The Labute approximate surface area is 145 Å². The molecule has 25 heavy (non-hydrogen) atoms. The van der Waals surface area contributed by atoms with Gasteiger partial charge in [0.05, 0.1) is 32.1 Å². The van der Waals surface area contributed by atoms with Crippen molar-refractivity contribution in [2.24, 2.45) is 11.3 Å². The van der Waals surface area contributed by atoms with Crippen molar-refractivity contribution in [3.05, 3.63) is 47.6 Å². The lowest BCUT2D eigenvalue weighted by Crippen LogP contribution is -2.37. The number of pyridine rings is 1. The third-order valence-electron chi connectivity index (χ3n) is 5.05. The van der Waals surface area contributed by atoms with Crippen LogP contribution >= 0.6 is 0 Å². The van der Waals surface area contributed by atoms with Gasteiger partial charge in [-0.1, -0.05) is 5.16 Å². The van der Waals surface area contributed by atoms with Crippen LogP contribution in [-0.4, -0.2) is 53.9 Å². The van der Waals surface area contributed by atoms with Gasteiger partial charge in [0.2, 0.25) is 5.76 Å². The highest BCUT2D eigenvalue weighted by Crippen LogP contribution is 2.42. The molecule has 7 nitrogen and oxygen atoms in total. The molecule has 0 bridgehead atoms. The number of aromatic nitrogens is 2. The first kappa shape index (κ1) is 16.2. The lowest BCUT2D eigenvalue weighted by molar-refractivity contribution is 0.0182. The van der Waals surface area contributed by atoms with E-state index >= 15 is 0 Å². The van der Waals surface area contributed by atoms with E-state index in [0.29, 0.717) is 51.0 Å². The smallest absolute Gasteiger partial charge is 0.292 e. The minimum Gasteiger partial charge on any atom is -0.380 e. The van der Waals surface area contributed by atoms with E-state index in [2.05, 4.69) is 10.1 Å². The first-order chi connectivity index (χ1) is 12.2. The van der Waals surface area contributed by atoms with Gasteiger partial charge >= 0.3 is 0 Å². The van der Waals surface area contributed by atoms with Crippen LogP contribution in [0, 0.1) is 18.3 Å². The molecule has 0 radical (unpaired) electrons. The molecule has 4 heterocycles. The minimum atomic E-state index is -0.141. The van der Waals surface area contributed by atoms with Gasteiger partial charge in [0.15, 0.2) is 0 Å². The Kier molecular flexibility index (Phi) is 4.27. The van der Waals surface area contributed by atoms with E-state index in [1.54, 1.807) is 25.4 Å². The number of amides is 1. The molecule has 2 fully saturated rings.